The van der Waals surface area contributed by atoms with E-state index in [4.69, 9.17) is 4.74 Å². The van der Waals surface area contributed by atoms with Gasteiger partial charge >= 0.3 is 5.97 Å². The highest BCUT2D eigenvalue weighted by molar-refractivity contribution is 9.10. The molecule has 0 radical (unpaired) electrons. The normalized spacial score (nSPS) is 18.4. The van der Waals surface area contributed by atoms with Crippen LogP contribution in [0.3, 0.4) is 0 Å². The first kappa shape index (κ1) is 18.8. The average Bonchev–Trinajstić information content (AvgIpc) is 2.64. The number of hydrogen-bond donors (Lipinski definition) is 2. The second-order valence-corrected chi connectivity index (χ2v) is 8.51. The van der Waals surface area contributed by atoms with Crippen LogP contribution in [0.15, 0.2) is 57.9 Å². The van der Waals surface area contributed by atoms with Gasteiger partial charge in [-0.15, -0.1) is 0 Å². The number of nitrogens with one attached hydrogen (secondary N) is 1. The van der Waals surface area contributed by atoms with Gasteiger partial charge in [-0.2, -0.15) is 4.31 Å². The number of carboxylic acids is 1. The molecule has 7 nitrogen and oxygen atoms in total. The Morgan fingerprint density at radius 1 is 1.12 bits per heavy atom. The molecule has 0 saturated carbocycles. The molecule has 0 amide bonds. The molecule has 2 N–H and O–H groups in total. The van der Waals surface area contributed by atoms with Crippen LogP contribution in [-0.2, 0) is 14.8 Å². The highest BCUT2D eigenvalue weighted by Gasteiger charge is 2.37. The van der Waals surface area contributed by atoms with Gasteiger partial charge in [0.2, 0.25) is 10.0 Å². The van der Waals surface area contributed by atoms with E-state index in [9.17, 15) is 18.3 Å². The number of piperazine rings is 1. The largest absolute Gasteiger partial charge is 0.480 e. The van der Waals surface area contributed by atoms with Crippen molar-refractivity contribution in [3.63, 3.8) is 0 Å². The monoisotopic (exact) mass is 440 g/mol. The Labute approximate surface area is 159 Å². The Bertz CT molecular complexity index is 884. The van der Waals surface area contributed by atoms with E-state index in [-0.39, 0.29) is 18.0 Å². The Hall–Kier alpha value is -1.94. The topological polar surface area (TPSA) is 95.9 Å². The van der Waals surface area contributed by atoms with Gasteiger partial charge in [-0.1, -0.05) is 15.9 Å². The molecule has 26 heavy (non-hydrogen) atoms. The fraction of sp³-hybridized carbons (Fsp3) is 0.235. The Morgan fingerprint density at radius 3 is 2.27 bits per heavy atom. The molecule has 0 aliphatic carbocycles. The molecule has 1 fully saturated rings. The minimum absolute atomic E-state index is 0.0359. The van der Waals surface area contributed by atoms with Crippen LogP contribution < -0.4 is 10.1 Å². The zero-order chi connectivity index (χ0) is 18.7. The molecule has 1 unspecified atom stereocenters. The maximum atomic E-state index is 12.8. The predicted molar refractivity (Wildman–Crippen MR) is 98.8 cm³/mol. The van der Waals surface area contributed by atoms with Gasteiger partial charge < -0.3 is 15.2 Å². The third-order valence-corrected chi connectivity index (χ3v) is 6.41. The maximum absolute atomic E-state index is 12.8. The quantitative estimate of drug-likeness (QED) is 0.740. The van der Waals surface area contributed by atoms with Crippen molar-refractivity contribution in [3.05, 3.63) is 53.0 Å². The van der Waals surface area contributed by atoms with Crippen LogP contribution in [-0.4, -0.2) is 49.5 Å². The summed E-state index contributed by atoms with van der Waals surface area (Å²) in [5.74, 6) is -0.0609. The standard InChI is InChI=1S/C17H17BrN2O5S/c18-12-1-3-13(4-2-12)25-14-5-7-15(8-6-14)26(23,24)20-10-9-19-11-16(20)17(21)22/h1-8,16,19H,9-11H2,(H,21,22). The van der Waals surface area contributed by atoms with E-state index in [2.05, 4.69) is 21.2 Å². The van der Waals surface area contributed by atoms with Crippen molar-refractivity contribution in [1.82, 2.24) is 9.62 Å². The number of sulfonamides is 1. The van der Waals surface area contributed by atoms with E-state index in [1.165, 1.54) is 12.1 Å². The third-order valence-electron chi connectivity index (χ3n) is 3.96. The van der Waals surface area contributed by atoms with Gasteiger partial charge in [-0.3, -0.25) is 4.79 Å². The second-order valence-electron chi connectivity index (χ2n) is 5.70. The van der Waals surface area contributed by atoms with Crippen LogP contribution in [0, 0.1) is 0 Å². The van der Waals surface area contributed by atoms with Crippen molar-refractivity contribution in [3.8, 4) is 11.5 Å². The van der Waals surface area contributed by atoms with Crippen molar-refractivity contribution in [2.24, 2.45) is 0 Å². The van der Waals surface area contributed by atoms with E-state index in [1.807, 2.05) is 12.1 Å². The van der Waals surface area contributed by atoms with Crippen LogP contribution >= 0.6 is 15.9 Å². The van der Waals surface area contributed by atoms with Crippen LogP contribution in [0.4, 0.5) is 0 Å². The maximum Gasteiger partial charge on any atom is 0.323 e. The second kappa shape index (κ2) is 7.75. The minimum Gasteiger partial charge on any atom is -0.480 e. The number of halogens is 1. The van der Waals surface area contributed by atoms with E-state index in [1.54, 1.807) is 24.3 Å². The molecular weight excluding hydrogens is 424 g/mol. The van der Waals surface area contributed by atoms with Crippen molar-refractivity contribution in [1.29, 1.82) is 0 Å². The molecule has 0 bridgehead atoms. The summed E-state index contributed by atoms with van der Waals surface area (Å²) in [5, 5.41) is 12.2. The first-order chi connectivity index (χ1) is 12.4. The van der Waals surface area contributed by atoms with Crippen molar-refractivity contribution in [2.45, 2.75) is 10.9 Å². The molecule has 2 aromatic rings. The van der Waals surface area contributed by atoms with Gasteiger partial charge in [0, 0.05) is 24.1 Å². The molecule has 1 atom stereocenters. The van der Waals surface area contributed by atoms with E-state index >= 15 is 0 Å². The number of hydrogen-bond acceptors (Lipinski definition) is 5. The molecule has 0 aromatic heterocycles. The Morgan fingerprint density at radius 2 is 1.69 bits per heavy atom. The van der Waals surface area contributed by atoms with Crippen LogP contribution in [0.2, 0.25) is 0 Å². The molecule has 1 saturated heterocycles. The van der Waals surface area contributed by atoms with E-state index < -0.39 is 22.0 Å². The summed E-state index contributed by atoms with van der Waals surface area (Å²) in [6.07, 6.45) is 0. The molecule has 2 aromatic carbocycles. The number of carbonyl (C=O) groups is 1. The van der Waals surface area contributed by atoms with Gasteiger partial charge in [0.05, 0.1) is 4.90 Å². The highest BCUT2D eigenvalue weighted by atomic mass is 79.9. The molecule has 138 valence electrons. The SMILES string of the molecule is O=C(O)C1CNCCN1S(=O)(=O)c1ccc(Oc2ccc(Br)cc2)cc1. The number of benzene rings is 2. The fourth-order valence-corrected chi connectivity index (χ4v) is 4.48. The number of rotatable bonds is 5. The van der Waals surface area contributed by atoms with Gasteiger partial charge in [0.15, 0.2) is 0 Å². The third kappa shape index (κ3) is 4.07. The summed E-state index contributed by atoms with van der Waals surface area (Å²) >= 11 is 3.34. The van der Waals surface area contributed by atoms with Crippen LogP contribution in [0.25, 0.3) is 0 Å². The molecule has 1 aliphatic heterocycles. The van der Waals surface area contributed by atoms with Crippen molar-refractivity contribution >= 4 is 31.9 Å². The van der Waals surface area contributed by atoms with Gasteiger partial charge in [0.25, 0.3) is 0 Å². The molecule has 0 spiro atoms. The summed E-state index contributed by atoms with van der Waals surface area (Å²) in [4.78, 5) is 11.4. The van der Waals surface area contributed by atoms with E-state index in [0.717, 1.165) is 8.78 Å². The Kier molecular flexibility index (Phi) is 5.61. The lowest BCUT2D eigenvalue weighted by molar-refractivity contribution is -0.141. The van der Waals surface area contributed by atoms with Crippen molar-refractivity contribution < 1.29 is 23.1 Å². The first-order valence-corrected chi connectivity index (χ1v) is 10.1. The van der Waals surface area contributed by atoms with Gasteiger partial charge in [-0.25, -0.2) is 8.42 Å². The molecule has 3 rings (SSSR count). The summed E-state index contributed by atoms with van der Waals surface area (Å²) < 4.78 is 33.2. The number of carboxylic acid groups (broad SMARTS) is 1. The van der Waals surface area contributed by atoms with Gasteiger partial charge in [0.1, 0.15) is 17.5 Å². The summed E-state index contributed by atoms with van der Waals surface area (Å²) in [5.41, 5.74) is 0. The minimum atomic E-state index is -3.90. The van der Waals surface area contributed by atoms with Crippen LogP contribution in [0.5, 0.6) is 11.5 Å². The fourth-order valence-electron chi connectivity index (χ4n) is 2.64. The summed E-state index contributed by atoms with van der Waals surface area (Å²) in [6, 6.07) is 12.1. The molecule has 9 heteroatoms. The average molecular weight is 441 g/mol. The molecule has 1 heterocycles. The lowest BCUT2D eigenvalue weighted by Gasteiger charge is -2.32. The first-order valence-electron chi connectivity index (χ1n) is 7.87. The summed E-state index contributed by atoms with van der Waals surface area (Å²) in [7, 11) is -3.90. The molecular formula is C17H17BrN2O5S. The lowest BCUT2D eigenvalue weighted by atomic mass is 10.2. The number of ether oxygens (including phenoxy) is 1. The Balaban J connectivity index is 1.80. The zero-order valence-corrected chi connectivity index (χ0v) is 16.0. The summed E-state index contributed by atoms with van der Waals surface area (Å²) in [6.45, 7) is 0.601. The smallest absolute Gasteiger partial charge is 0.323 e. The molecule has 1 aliphatic rings. The van der Waals surface area contributed by atoms with Gasteiger partial charge in [-0.05, 0) is 48.5 Å². The number of aliphatic carboxylic acids is 1. The predicted octanol–water partition coefficient (Wildman–Crippen LogP) is 2.29. The highest BCUT2D eigenvalue weighted by Crippen LogP contribution is 2.26. The number of nitrogens with zero attached hydrogens (tertiary/aromatic N) is 1. The van der Waals surface area contributed by atoms with E-state index in [0.29, 0.717) is 18.0 Å². The lowest BCUT2D eigenvalue weighted by Crippen LogP contribution is -2.56. The zero-order valence-electron chi connectivity index (χ0n) is 13.6. The van der Waals surface area contributed by atoms with Crippen molar-refractivity contribution in [2.75, 3.05) is 19.6 Å². The van der Waals surface area contributed by atoms with Crippen LogP contribution in [0.1, 0.15) is 0 Å².